The number of likely N-dealkylation sites (tertiary alicyclic amines) is 1. The quantitative estimate of drug-likeness (QED) is 0.736. The average molecular weight is 322 g/mol. The lowest BCUT2D eigenvalue weighted by molar-refractivity contribution is 0.182. The first-order chi connectivity index (χ1) is 11.9. The Balaban J connectivity index is 1.26. The van der Waals surface area contributed by atoms with Gasteiger partial charge in [0.2, 0.25) is 0 Å². The van der Waals surface area contributed by atoms with Gasteiger partial charge in [-0.1, -0.05) is 60.7 Å². The molecule has 2 aromatic carbocycles. The highest BCUT2D eigenvalue weighted by Crippen LogP contribution is 2.21. The molecule has 2 aromatic rings. The summed E-state index contributed by atoms with van der Waals surface area (Å²) in [6, 6.07) is 21.6. The standard InChI is InChI=1S/C22H30N2/c1-3-8-20(9-4-1)18-21-12-16-24(17-13-21)15-7-14-23-19-22-10-5-2-6-11-22/h1-6,8-11,21,23H,7,12-19H2. The Morgan fingerprint density at radius 3 is 2.12 bits per heavy atom. The van der Waals surface area contributed by atoms with Gasteiger partial charge in [0.25, 0.3) is 0 Å². The van der Waals surface area contributed by atoms with Crippen LogP contribution in [0.5, 0.6) is 0 Å². The van der Waals surface area contributed by atoms with E-state index in [-0.39, 0.29) is 0 Å². The zero-order chi connectivity index (χ0) is 16.5. The number of benzene rings is 2. The van der Waals surface area contributed by atoms with E-state index < -0.39 is 0 Å². The molecule has 0 aromatic heterocycles. The largest absolute Gasteiger partial charge is 0.313 e. The van der Waals surface area contributed by atoms with E-state index in [1.54, 1.807) is 0 Å². The number of piperidine rings is 1. The number of nitrogens with one attached hydrogen (secondary N) is 1. The molecule has 1 aliphatic rings. The van der Waals surface area contributed by atoms with Crippen molar-refractivity contribution < 1.29 is 0 Å². The van der Waals surface area contributed by atoms with Gasteiger partial charge in [-0.05, 0) is 68.9 Å². The Labute approximate surface area is 146 Å². The van der Waals surface area contributed by atoms with Crippen LogP contribution in [0.3, 0.4) is 0 Å². The molecule has 0 spiro atoms. The molecule has 1 N–H and O–H groups in total. The summed E-state index contributed by atoms with van der Waals surface area (Å²) < 4.78 is 0. The van der Waals surface area contributed by atoms with Crippen molar-refractivity contribution in [2.45, 2.75) is 32.2 Å². The zero-order valence-electron chi connectivity index (χ0n) is 14.7. The van der Waals surface area contributed by atoms with Crippen LogP contribution in [0.25, 0.3) is 0 Å². The molecule has 0 atom stereocenters. The third-order valence-electron chi connectivity index (χ3n) is 5.07. The molecule has 0 bridgehead atoms. The van der Waals surface area contributed by atoms with E-state index in [1.807, 2.05) is 0 Å². The second kappa shape index (κ2) is 9.61. The molecule has 24 heavy (non-hydrogen) atoms. The number of rotatable bonds is 8. The summed E-state index contributed by atoms with van der Waals surface area (Å²) in [6.07, 6.45) is 5.21. The minimum atomic E-state index is 0.875. The van der Waals surface area contributed by atoms with Crippen LogP contribution in [0.2, 0.25) is 0 Å². The van der Waals surface area contributed by atoms with Gasteiger partial charge in [0.05, 0.1) is 0 Å². The van der Waals surface area contributed by atoms with Crippen LogP contribution in [0, 0.1) is 5.92 Å². The minimum Gasteiger partial charge on any atom is -0.313 e. The summed E-state index contributed by atoms with van der Waals surface area (Å²) in [5.41, 5.74) is 2.88. The fourth-order valence-corrected chi connectivity index (χ4v) is 3.62. The van der Waals surface area contributed by atoms with Gasteiger partial charge in [-0.25, -0.2) is 0 Å². The Bertz CT molecular complexity index is 559. The Hall–Kier alpha value is -1.64. The smallest absolute Gasteiger partial charge is 0.0205 e. The number of nitrogens with zero attached hydrogens (tertiary/aromatic N) is 1. The van der Waals surface area contributed by atoms with Crippen LogP contribution < -0.4 is 5.32 Å². The molecule has 0 radical (unpaired) electrons. The van der Waals surface area contributed by atoms with Crippen LogP contribution in [0.4, 0.5) is 0 Å². The molecule has 3 rings (SSSR count). The lowest BCUT2D eigenvalue weighted by Crippen LogP contribution is -2.36. The van der Waals surface area contributed by atoms with Crippen LogP contribution in [-0.2, 0) is 13.0 Å². The van der Waals surface area contributed by atoms with Crippen molar-refractivity contribution in [1.29, 1.82) is 0 Å². The topological polar surface area (TPSA) is 15.3 Å². The maximum Gasteiger partial charge on any atom is 0.0205 e. The molecule has 1 saturated heterocycles. The van der Waals surface area contributed by atoms with Crippen molar-refractivity contribution in [3.05, 3.63) is 71.8 Å². The van der Waals surface area contributed by atoms with E-state index in [2.05, 4.69) is 70.9 Å². The van der Waals surface area contributed by atoms with E-state index in [4.69, 9.17) is 0 Å². The highest BCUT2D eigenvalue weighted by atomic mass is 15.1. The van der Waals surface area contributed by atoms with Gasteiger partial charge >= 0.3 is 0 Å². The summed E-state index contributed by atoms with van der Waals surface area (Å²) in [5, 5.41) is 3.56. The summed E-state index contributed by atoms with van der Waals surface area (Å²) in [6.45, 7) is 5.88. The van der Waals surface area contributed by atoms with Crippen LogP contribution in [0.1, 0.15) is 30.4 Å². The lowest BCUT2D eigenvalue weighted by Gasteiger charge is -2.32. The molecule has 1 heterocycles. The predicted octanol–water partition coefficient (Wildman–Crippen LogP) is 4.12. The monoisotopic (exact) mass is 322 g/mol. The fourth-order valence-electron chi connectivity index (χ4n) is 3.62. The SMILES string of the molecule is c1ccc(CNCCCN2CCC(Cc3ccccc3)CC2)cc1. The van der Waals surface area contributed by atoms with E-state index in [9.17, 15) is 0 Å². The van der Waals surface area contributed by atoms with Gasteiger partial charge < -0.3 is 10.2 Å². The molecule has 128 valence electrons. The normalized spacial score (nSPS) is 16.3. The highest BCUT2D eigenvalue weighted by molar-refractivity contribution is 5.15. The number of hydrogen-bond acceptors (Lipinski definition) is 2. The zero-order valence-corrected chi connectivity index (χ0v) is 14.7. The molecule has 0 unspecified atom stereocenters. The van der Waals surface area contributed by atoms with Crippen molar-refractivity contribution in [2.75, 3.05) is 26.2 Å². The lowest BCUT2D eigenvalue weighted by atomic mass is 9.90. The molecule has 2 nitrogen and oxygen atoms in total. The molecule has 2 heteroatoms. The van der Waals surface area contributed by atoms with E-state index in [0.29, 0.717) is 0 Å². The van der Waals surface area contributed by atoms with Gasteiger partial charge in [0.15, 0.2) is 0 Å². The molecule has 0 amide bonds. The summed E-state index contributed by atoms with van der Waals surface area (Å²) in [5.74, 6) is 0.875. The molecule has 1 fully saturated rings. The average Bonchev–Trinajstić information content (AvgIpc) is 2.65. The maximum atomic E-state index is 3.56. The molecular weight excluding hydrogens is 292 g/mol. The van der Waals surface area contributed by atoms with Crippen molar-refractivity contribution in [3.63, 3.8) is 0 Å². The Kier molecular flexibility index (Phi) is 6.88. The summed E-state index contributed by atoms with van der Waals surface area (Å²) in [4.78, 5) is 2.64. The van der Waals surface area contributed by atoms with Crippen molar-refractivity contribution in [2.24, 2.45) is 5.92 Å². The second-order valence-corrected chi connectivity index (χ2v) is 6.99. The second-order valence-electron chi connectivity index (χ2n) is 6.99. The van der Waals surface area contributed by atoms with Crippen molar-refractivity contribution in [1.82, 2.24) is 10.2 Å². The maximum absolute atomic E-state index is 3.56. The molecule has 0 aliphatic carbocycles. The minimum absolute atomic E-state index is 0.875. The number of hydrogen-bond donors (Lipinski definition) is 1. The predicted molar refractivity (Wildman–Crippen MR) is 102 cm³/mol. The van der Waals surface area contributed by atoms with Crippen molar-refractivity contribution in [3.8, 4) is 0 Å². The Morgan fingerprint density at radius 2 is 1.46 bits per heavy atom. The van der Waals surface area contributed by atoms with Crippen LogP contribution in [0.15, 0.2) is 60.7 Å². The summed E-state index contributed by atoms with van der Waals surface area (Å²) >= 11 is 0. The van der Waals surface area contributed by atoms with Gasteiger partial charge in [0, 0.05) is 6.54 Å². The molecule has 0 saturated carbocycles. The fraction of sp³-hybridized carbons (Fsp3) is 0.455. The third kappa shape index (κ3) is 5.77. The molecule has 1 aliphatic heterocycles. The molecular formula is C22H30N2. The first kappa shape index (κ1) is 17.2. The Morgan fingerprint density at radius 1 is 0.833 bits per heavy atom. The van der Waals surface area contributed by atoms with Crippen LogP contribution in [-0.4, -0.2) is 31.1 Å². The van der Waals surface area contributed by atoms with Gasteiger partial charge in [0.1, 0.15) is 0 Å². The van der Waals surface area contributed by atoms with E-state index in [1.165, 1.54) is 56.4 Å². The highest BCUT2D eigenvalue weighted by Gasteiger charge is 2.18. The van der Waals surface area contributed by atoms with E-state index >= 15 is 0 Å². The first-order valence-electron chi connectivity index (χ1n) is 9.41. The van der Waals surface area contributed by atoms with Crippen molar-refractivity contribution >= 4 is 0 Å². The van der Waals surface area contributed by atoms with E-state index in [0.717, 1.165) is 19.0 Å². The van der Waals surface area contributed by atoms with Gasteiger partial charge in [-0.15, -0.1) is 0 Å². The summed E-state index contributed by atoms with van der Waals surface area (Å²) in [7, 11) is 0. The van der Waals surface area contributed by atoms with Crippen LogP contribution >= 0.6 is 0 Å². The van der Waals surface area contributed by atoms with Gasteiger partial charge in [-0.2, -0.15) is 0 Å². The first-order valence-corrected chi connectivity index (χ1v) is 9.41. The third-order valence-corrected chi connectivity index (χ3v) is 5.07. The van der Waals surface area contributed by atoms with Gasteiger partial charge in [-0.3, -0.25) is 0 Å².